The summed E-state index contributed by atoms with van der Waals surface area (Å²) < 4.78 is 31.5. The number of hydrogen-bond donors (Lipinski definition) is 2. The van der Waals surface area contributed by atoms with E-state index < -0.39 is 22.0 Å². The second kappa shape index (κ2) is 9.64. The van der Waals surface area contributed by atoms with E-state index in [1.807, 2.05) is 44.2 Å². The van der Waals surface area contributed by atoms with Gasteiger partial charge in [-0.3, -0.25) is 4.79 Å². The van der Waals surface area contributed by atoms with Crippen molar-refractivity contribution in [3.8, 4) is 0 Å². The average Bonchev–Trinajstić information content (AvgIpc) is 2.46. The van der Waals surface area contributed by atoms with E-state index in [0.717, 1.165) is 5.56 Å². The number of carboxylic acids is 1. The molecule has 0 saturated heterocycles. The van der Waals surface area contributed by atoms with Crippen LogP contribution in [0.1, 0.15) is 32.3 Å². The Bertz CT molecular complexity index is 571. The van der Waals surface area contributed by atoms with Gasteiger partial charge < -0.3 is 9.84 Å². The number of sulfonamides is 1. The first-order chi connectivity index (χ1) is 10.8. The molecule has 130 valence electrons. The number of aliphatic carboxylic acids is 1. The molecule has 1 aromatic carbocycles. The molecule has 7 heteroatoms. The summed E-state index contributed by atoms with van der Waals surface area (Å²) in [6.45, 7) is 4.43. The molecule has 0 radical (unpaired) electrons. The van der Waals surface area contributed by atoms with E-state index in [9.17, 15) is 13.2 Å². The maximum atomic E-state index is 11.9. The summed E-state index contributed by atoms with van der Waals surface area (Å²) in [5, 5.41) is 9.07. The quantitative estimate of drug-likeness (QED) is 0.600. The van der Waals surface area contributed by atoms with Crippen LogP contribution in [-0.2, 0) is 26.2 Å². The van der Waals surface area contributed by atoms with Crippen molar-refractivity contribution in [2.24, 2.45) is 5.92 Å². The van der Waals surface area contributed by atoms with Crippen LogP contribution in [0.25, 0.3) is 0 Å². The summed E-state index contributed by atoms with van der Waals surface area (Å²) >= 11 is 0. The van der Waals surface area contributed by atoms with Crippen molar-refractivity contribution in [2.45, 2.75) is 39.3 Å². The van der Waals surface area contributed by atoms with Crippen molar-refractivity contribution in [3.05, 3.63) is 35.9 Å². The van der Waals surface area contributed by atoms with Crippen LogP contribution in [0.4, 0.5) is 0 Å². The molecule has 0 heterocycles. The van der Waals surface area contributed by atoms with Gasteiger partial charge in [0.05, 0.1) is 12.4 Å². The number of carboxylic acid groups (broad SMARTS) is 1. The van der Waals surface area contributed by atoms with E-state index >= 15 is 0 Å². The molecule has 1 rings (SSSR count). The van der Waals surface area contributed by atoms with Gasteiger partial charge in [-0.05, 0) is 24.3 Å². The zero-order valence-electron chi connectivity index (χ0n) is 13.6. The number of carbonyl (C=O) groups is 1. The summed E-state index contributed by atoms with van der Waals surface area (Å²) in [4.78, 5) is 11.1. The number of benzene rings is 1. The molecule has 1 unspecified atom stereocenters. The standard InChI is InChI=1S/C16H25NO5S/c1-13(2)11-15(16(18)19)17-23(20,21)10-6-9-22-12-14-7-4-3-5-8-14/h3-5,7-8,13,15,17H,6,9-12H2,1-2H3,(H,18,19). The molecule has 0 aromatic heterocycles. The third kappa shape index (κ3) is 8.68. The molecule has 0 bridgehead atoms. The molecule has 0 aliphatic rings. The van der Waals surface area contributed by atoms with Crippen molar-refractivity contribution in [3.63, 3.8) is 0 Å². The number of nitrogens with one attached hydrogen (secondary N) is 1. The first-order valence-electron chi connectivity index (χ1n) is 7.64. The zero-order chi connectivity index (χ0) is 17.3. The average molecular weight is 343 g/mol. The summed E-state index contributed by atoms with van der Waals surface area (Å²) in [6, 6.07) is 8.52. The summed E-state index contributed by atoms with van der Waals surface area (Å²) in [5.74, 6) is -1.21. The Morgan fingerprint density at radius 1 is 1.26 bits per heavy atom. The fourth-order valence-corrected chi connectivity index (χ4v) is 3.31. The second-order valence-electron chi connectivity index (χ2n) is 5.85. The SMILES string of the molecule is CC(C)CC(NS(=O)(=O)CCCOCc1ccccc1)C(=O)O. The van der Waals surface area contributed by atoms with E-state index in [1.165, 1.54) is 0 Å². The molecular weight excluding hydrogens is 318 g/mol. The van der Waals surface area contributed by atoms with Crippen molar-refractivity contribution in [2.75, 3.05) is 12.4 Å². The molecule has 0 saturated carbocycles. The zero-order valence-corrected chi connectivity index (χ0v) is 14.4. The smallest absolute Gasteiger partial charge is 0.321 e. The predicted octanol–water partition coefficient (Wildman–Crippen LogP) is 2.01. The Morgan fingerprint density at radius 2 is 1.91 bits per heavy atom. The Kier molecular flexibility index (Phi) is 8.22. The maximum Gasteiger partial charge on any atom is 0.321 e. The van der Waals surface area contributed by atoms with E-state index in [0.29, 0.717) is 19.6 Å². The van der Waals surface area contributed by atoms with Gasteiger partial charge in [-0.25, -0.2) is 13.1 Å². The van der Waals surface area contributed by atoms with Crippen molar-refractivity contribution >= 4 is 16.0 Å². The Hall–Kier alpha value is -1.44. The first kappa shape index (κ1) is 19.6. The summed E-state index contributed by atoms with van der Waals surface area (Å²) in [5.41, 5.74) is 1.02. The molecule has 1 atom stereocenters. The van der Waals surface area contributed by atoms with Crippen LogP contribution in [0, 0.1) is 5.92 Å². The van der Waals surface area contributed by atoms with Gasteiger partial charge in [-0.1, -0.05) is 44.2 Å². The topological polar surface area (TPSA) is 92.7 Å². The van der Waals surface area contributed by atoms with E-state index in [4.69, 9.17) is 9.84 Å². The lowest BCUT2D eigenvalue weighted by Crippen LogP contribution is -2.42. The van der Waals surface area contributed by atoms with Gasteiger partial charge in [0.2, 0.25) is 10.0 Å². The third-order valence-electron chi connectivity index (χ3n) is 3.14. The largest absolute Gasteiger partial charge is 0.480 e. The molecule has 1 aromatic rings. The van der Waals surface area contributed by atoms with E-state index in [1.54, 1.807) is 0 Å². The molecule has 6 nitrogen and oxygen atoms in total. The second-order valence-corrected chi connectivity index (χ2v) is 7.72. The highest BCUT2D eigenvalue weighted by Gasteiger charge is 2.24. The number of hydrogen-bond acceptors (Lipinski definition) is 4. The van der Waals surface area contributed by atoms with Crippen LogP contribution >= 0.6 is 0 Å². The molecule has 23 heavy (non-hydrogen) atoms. The van der Waals surface area contributed by atoms with Crippen LogP contribution in [0.15, 0.2) is 30.3 Å². The Balaban J connectivity index is 2.32. The Labute approximate surface area is 137 Å². The van der Waals surface area contributed by atoms with Crippen molar-refractivity contribution in [1.29, 1.82) is 0 Å². The first-order valence-corrected chi connectivity index (χ1v) is 9.30. The van der Waals surface area contributed by atoms with Crippen molar-refractivity contribution in [1.82, 2.24) is 4.72 Å². The molecule has 0 aliphatic carbocycles. The van der Waals surface area contributed by atoms with Gasteiger partial charge in [0.1, 0.15) is 6.04 Å². The fourth-order valence-electron chi connectivity index (χ4n) is 2.06. The lowest BCUT2D eigenvalue weighted by molar-refractivity contribution is -0.139. The minimum Gasteiger partial charge on any atom is -0.480 e. The highest BCUT2D eigenvalue weighted by molar-refractivity contribution is 7.89. The molecule has 0 amide bonds. The monoisotopic (exact) mass is 343 g/mol. The fraction of sp³-hybridized carbons (Fsp3) is 0.562. The third-order valence-corrected chi connectivity index (χ3v) is 4.61. The van der Waals surface area contributed by atoms with Gasteiger partial charge >= 0.3 is 5.97 Å². The van der Waals surface area contributed by atoms with Gasteiger partial charge in [0.25, 0.3) is 0 Å². The lowest BCUT2D eigenvalue weighted by Gasteiger charge is -2.16. The van der Waals surface area contributed by atoms with Gasteiger partial charge in [-0.15, -0.1) is 0 Å². The van der Waals surface area contributed by atoms with Crippen LogP contribution in [-0.4, -0.2) is 37.9 Å². The number of rotatable bonds is 11. The Morgan fingerprint density at radius 3 is 2.48 bits per heavy atom. The maximum absolute atomic E-state index is 11.9. The molecule has 0 aliphatic heterocycles. The normalized spacial score (nSPS) is 13.2. The highest BCUT2D eigenvalue weighted by atomic mass is 32.2. The minimum absolute atomic E-state index is 0.0907. The highest BCUT2D eigenvalue weighted by Crippen LogP contribution is 2.07. The van der Waals surface area contributed by atoms with Gasteiger partial charge in [0.15, 0.2) is 0 Å². The van der Waals surface area contributed by atoms with Gasteiger partial charge in [0, 0.05) is 6.61 Å². The van der Waals surface area contributed by atoms with E-state index in [2.05, 4.69) is 4.72 Å². The molecular formula is C16H25NO5S. The van der Waals surface area contributed by atoms with Crippen molar-refractivity contribution < 1.29 is 23.1 Å². The molecule has 0 fully saturated rings. The van der Waals surface area contributed by atoms with Crippen LogP contribution in [0.5, 0.6) is 0 Å². The molecule has 2 N–H and O–H groups in total. The van der Waals surface area contributed by atoms with Crippen LogP contribution in [0.2, 0.25) is 0 Å². The molecule has 0 spiro atoms. The lowest BCUT2D eigenvalue weighted by atomic mass is 10.1. The summed E-state index contributed by atoms with van der Waals surface area (Å²) in [6.07, 6.45) is 0.579. The van der Waals surface area contributed by atoms with Crippen LogP contribution in [0.3, 0.4) is 0 Å². The predicted molar refractivity (Wildman–Crippen MR) is 88.5 cm³/mol. The minimum atomic E-state index is -3.63. The van der Waals surface area contributed by atoms with Crippen LogP contribution < -0.4 is 4.72 Å². The van der Waals surface area contributed by atoms with Gasteiger partial charge in [-0.2, -0.15) is 0 Å². The number of ether oxygens (including phenoxy) is 1. The summed E-state index contributed by atoms with van der Waals surface area (Å²) in [7, 11) is -3.63. The van der Waals surface area contributed by atoms with E-state index in [-0.39, 0.29) is 18.1 Å².